The number of aromatic nitrogens is 3. The van der Waals surface area contributed by atoms with Crippen LogP contribution in [0, 0.1) is 6.92 Å². The van der Waals surface area contributed by atoms with Gasteiger partial charge in [-0.1, -0.05) is 17.8 Å². The Kier molecular flexibility index (Phi) is 5.37. The Hall–Kier alpha value is -2.23. The fourth-order valence-electron chi connectivity index (χ4n) is 1.92. The van der Waals surface area contributed by atoms with Crippen LogP contribution in [-0.2, 0) is 18.0 Å². The van der Waals surface area contributed by atoms with E-state index in [-0.39, 0.29) is 16.8 Å². The number of thioether (sulfide) groups is 1. The van der Waals surface area contributed by atoms with Crippen molar-refractivity contribution in [1.82, 2.24) is 14.8 Å². The van der Waals surface area contributed by atoms with Crippen molar-refractivity contribution >= 4 is 23.4 Å². The summed E-state index contributed by atoms with van der Waals surface area (Å²) in [7, 11) is 2.68. The molecule has 2 rings (SSSR count). The largest absolute Gasteiger partial charge is 0.495 e. The van der Waals surface area contributed by atoms with E-state index in [1.807, 2.05) is 13.0 Å². The third-order valence-electron chi connectivity index (χ3n) is 3.05. The molecule has 130 valence electrons. The van der Waals surface area contributed by atoms with Crippen LogP contribution < -0.4 is 10.1 Å². The predicted molar refractivity (Wildman–Crippen MR) is 83.1 cm³/mol. The average Bonchev–Trinajstić information content (AvgIpc) is 2.86. The third kappa shape index (κ3) is 4.19. The Labute approximate surface area is 140 Å². The van der Waals surface area contributed by atoms with Crippen LogP contribution in [-0.4, -0.2) is 33.5 Å². The van der Waals surface area contributed by atoms with E-state index in [1.54, 1.807) is 12.1 Å². The molecule has 2 aromatic rings. The summed E-state index contributed by atoms with van der Waals surface area (Å²) in [6.07, 6.45) is -4.59. The van der Waals surface area contributed by atoms with Gasteiger partial charge >= 0.3 is 6.18 Å². The molecule has 0 saturated carbocycles. The maximum atomic E-state index is 12.6. The minimum Gasteiger partial charge on any atom is -0.495 e. The van der Waals surface area contributed by atoms with Crippen LogP contribution in [0.5, 0.6) is 5.75 Å². The minimum absolute atomic E-state index is 0.00804. The first-order valence-electron chi connectivity index (χ1n) is 6.76. The van der Waals surface area contributed by atoms with Crippen LogP contribution in [0.25, 0.3) is 0 Å². The number of methoxy groups -OCH3 is 1. The zero-order valence-electron chi connectivity index (χ0n) is 13.1. The Morgan fingerprint density at radius 2 is 2.08 bits per heavy atom. The smallest absolute Gasteiger partial charge is 0.451 e. The van der Waals surface area contributed by atoms with Gasteiger partial charge in [0.1, 0.15) is 5.75 Å². The number of carbonyl (C=O) groups is 1. The third-order valence-corrected chi connectivity index (χ3v) is 4.07. The van der Waals surface area contributed by atoms with Gasteiger partial charge in [0.2, 0.25) is 11.7 Å². The van der Waals surface area contributed by atoms with Gasteiger partial charge in [-0.25, -0.2) is 0 Å². The van der Waals surface area contributed by atoms with Crippen molar-refractivity contribution in [1.29, 1.82) is 0 Å². The van der Waals surface area contributed by atoms with Crippen molar-refractivity contribution in [3.8, 4) is 5.75 Å². The second-order valence-corrected chi connectivity index (χ2v) is 5.85. The van der Waals surface area contributed by atoms with Gasteiger partial charge in [-0.3, -0.25) is 4.79 Å². The lowest BCUT2D eigenvalue weighted by molar-refractivity contribution is -0.147. The number of ether oxygens (including phenoxy) is 1. The number of hydrogen-bond acceptors (Lipinski definition) is 5. The quantitative estimate of drug-likeness (QED) is 0.831. The molecule has 0 radical (unpaired) electrons. The summed E-state index contributed by atoms with van der Waals surface area (Å²) >= 11 is 0.865. The predicted octanol–water partition coefficient (Wildman–Crippen LogP) is 2.88. The Morgan fingerprint density at radius 1 is 1.38 bits per heavy atom. The SMILES string of the molecule is COc1ccc(C)cc1NC(=O)CSc1nnc(C(F)(F)F)n1C. The number of aryl methyl sites for hydroxylation is 1. The van der Waals surface area contributed by atoms with E-state index in [0.717, 1.165) is 21.9 Å². The van der Waals surface area contributed by atoms with Crippen molar-refractivity contribution in [2.45, 2.75) is 18.3 Å². The topological polar surface area (TPSA) is 69.0 Å². The number of halogens is 3. The van der Waals surface area contributed by atoms with Crippen LogP contribution in [0.4, 0.5) is 18.9 Å². The number of hydrogen-bond donors (Lipinski definition) is 1. The van der Waals surface area contributed by atoms with Gasteiger partial charge in [0.15, 0.2) is 5.16 Å². The summed E-state index contributed by atoms with van der Waals surface area (Å²) in [5.74, 6) is -1.11. The number of carbonyl (C=O) groups excluding carboxylic acids is 1. The molecule has 0 aliphatic heterocycles. The van der Waals surface area contributed by atoms with Gasteiger partial charge in [-0.05, 0) is 24.6 Å². The molecule has 1 amide bonds. The molecule has 1 aromatic carbocycles. The summed E-state index contributed by atoms with van der Waals surface area (Å²) in [5.41, 5.74) is 1.43. The summed E-state index contributed by atoms with van der Waals surface area (Å²) in [5, 5.41) is 9.24. The normalized spacial score (nSPS) is 11.4. The van der Waals surface area contributed by atoms with E-state index in [1.165, 1.54) is 14.2 Å². The van der Waals surface area contributed by atoms with Crippen LogP contribution >= 0.6 is 11.8 Å². The molecule has 0 fully saturated rings. The molecular formula is C14H15F3N4O2S. The number of nitrogens with one attached hydrogen (secondary N) is 1. The summed E-state index contributed by atoms with van der Waals surface area (Å²) in [6, 6.07) is 5.29. The maximum absolute atomic E-state index is 12.6. The molecule has 1 aromatic heterocycles. The fraction of sp³-hybridized carbons (Fsp3) is 0.357. The molecular weight excluding hydrogens is 345 g/mol. The monoisotopic (exact) mass is 360 g/mol. The van der Waals surface area contributed by atoms with Crippen molar-refractivity contribution in [2.24, 2.45) is 7.05 Å². The van der Waals surface area contributed by atoms with E-state index < -0.39 is 12.0 Å². The molecule has 24 heavy (non-hydrogen) atoms. The highest BCUT2D eigenvalue weighted by Crippen LogP contribution is 2.30. The highest BCUT2D eigenvalue weighted by Gasteiger charge is 2.37. The summed E-state index contributed by atoms with van der Waals surface area (Å²) < 4.78 is 43.9. The number of amides is 1. The highest BCUT2D eigenvalue weighted by atomic mass is 32.2. The average molecular weight is 360 g/mol. The van der Waals surface area contributed by atoms with Crippen molar-refractivity contribution in [3.05, 3.63) is 29.6 Å². The second-order valence-electron chi connectivity index (χ2n) is 4.90. The molecule has 0 bridgehead atoms. The van der Waals surface area contributed by atoms with E-state index in [4.69, 9.17) is 4.74 Å². The molecule has 0 unspecified atom stereocenters. The van der Waals surface area contributed by atoms with Gasteiger partial charge in [-0.2, -0.15) is 13.2 Å². The van der Waals surface area contributed by atoms with Gasteiger partial charge in [0, 0.05) is 7.05 Å². The lowest BCUT2D eigenvalue weighted by Crippen LogP contribution is -2.16. The first-order valence-corrected chi connectivity index (χ1v) is 7.75. The van der Waals surface area contributed by atoms with Gasteiger partial charge in [0.05, 0.1) is 18.6 Å². The molecule has 0 saturated heterocycles. The standard InChI is InChI=1S/C14H15F3N4O2S/c1-8-4-5-10(23-3)9(6-8)18-11(22)7-24-13-20-19-12(21(13)2)14(15,16)17/h4-6H,7H2,1-3H3,(H,18,22). The first kappa shape index (κ1) is 18.1. The minimum atomic E-state index is -4.59. The number of rotatable bonds is 5. The molecule has 0 aliphatic rings. The Bertz CT molecular complexity index is 746. The Balaban J connectivity index is 2.02. The second kappa shape index (κ2) is 7.12. The molecule has 1 N–H and O–H groups in total. The summed E-state index contributed by atoms with van der Waals surface area (Å²) in [4.78, 5) is 12.0. The van der Waals surface area contributed by atoms with Crippen LogP contribution in [0.15, 0.2) is 23.4 Å². The number of benzene rings is 1. The summed E-state index contributed by atoms with van der Waals surface area (Å²) in [6.45, 7) is 1.86. The molecule has 6 nitrogen and oxygen atoms in total. The van der Waals surface area contributed by atoms with Gasteiger partial charge in [0.25, 0.3) is 0 Å². The number of nitrogens with zero attached hydrogens (tertiary/aromatic N) is 3. The highest BCUT2D eigenvalue weighted by molar-refractivity contribution is 7.99. The Morgan fingerprint density at radius 3 is 2.67 bits per heavy atom. The zero-order valence-corrected chi connectivity index (χ0v) is 14.0. The van der Waals surface area contributed by atoms with E-state index in [2.05, 4.69) is 15.5 Å². The van der Waals surface area contributed by atoms with Gasteiger partial charge < -0.3 is 14.6 Å². The van der Waals surface area contributed by atoms with E-state index >= 15 is 0 Å². The number of anilines is 1. The zero-order chi connectivity index (χ0) is 17.9. The lowest BCUT2D eigenvalue weighted by atomic mass is 10.2. The van der Waals surface area contributed by atoms with Gasteiger partial charge in [-0.15, -0.1) is 10.2 Å². The first-order chi connectivity index (χ1) is 11.2. The molecule has 0 aliphatic carbocycles. The van der Waals surface area contributed by atoms with Crippen molar-refractivity contribution in [2.75, 3.05) is 18.2 Å². The van der Waals surface area contributed by atoms with Crippen molar-refractivity contribution < 1.29 is 22.7 Å². The van der Waals surface area contributed by atoms with Crippen molar-refractivity contribution in [3.63, 3.8) is 0 Å². The maximum Gasteiger partial charge on any atom is 0.451 e. The fourth-order valence-corrected chi connectivity index (χ4v) is 2.63. The lowest BCUT2D eigenvalue weighted by Gasteiger charge is -2.11. The molecule has 0 atom stereocenters. The van der Waals surface area contributed by atoms with Crippen LogP contribution in [0.3, 0.4) is 0 Å². The van der Waals surface area contributed by atoms with Crippen LogP contribution in [0.1, 0.15) is 11.4 Å². The van der Waals surface area contributed by atoms with E-state index in [0.29, 0.717) is 11.4 Å². The van der Waals surface area contributed by atoms with E-state index in [9.17, 15) is 18.0 Å². The van der Waals surface area contributed by atoms with Crippen LogP contribution in [0.2, 0.25) is 0 Å². The molecule has 1 heterocycles. The molecule has 10 heteroatoms. The number of alkyl halides is 3. The molecule has 0 spiro atoms.